The van der Waals surface area contributed by atoms with E-state index in [1.54, 1.807) is 7.05 Å². The summed E-state index contributed by atoms with van der Waals surface area (Å²) in [7, 11) is -0.980. The average Bonchev–Trinajstić information content (AvgIpc) is 3.01. The zero-order valence-corrected chi connectivity index (χ0v) is 15.6. The van der Waals surface area contributed by atoms with Crippen molar-refractivity contribution >= 4 is 33.0 Å². The number of nitrogens with one attached hydrogen (secondary N) is 1. The van der Waals surface area contributed by atoms with Gasteiger partial charge >= 0.3 is 5.97 Å². The Bertz CT molecular complexity index is 875. The third kappa shape index (κ3) is 3.54. The van der Waals surface area contributed by atoms with Crippen LogP contribution in [0.5, 0.6) is 5.88 Å². The second-order valence-corrected chi connectivity index (χ2v) is 8.89. The first-order valence-corrected chi connectivity index (χ1v) is 9.23. The highest BCUT2D eigenvalue weighted by atomic mass is 32.2. The minimum absolute atomic E-state index is 0.0292. The Morgan fingerprint density at radius 3 is 2.54 bits per heavy atom. The predicted molar refractivity (Wildman–Crippen MR) is 90.5 cm³/mol. The molecule has 0 fully saturated rings. The van der Waals surface area contributed by atoms with Gasteiger partial charge in [0.15, 0.2) is 0 Å². The van der Waals surface area contributed by atoms with E-state index >= 15 is 0 Å². The topological polar surface area (TPSA) is 111 Å². The monoisotopic (exact) mass is 373 g/mol. The first-order valence-electron chi connectivity index (χ1n) is 6.93. The van der Waals surface area contributed by atoms with Crippen molar-refractivity contribution in [2.45, 2.75) is 31.1 Å². The van der Waals surface area contributed by atoms with E-state index in [1.807, 2.05) is 20.8 Å². The highest BCUT2D eigenvalue weighted by Gasteiger charge is 2.31. The Balaban J connectivity index is 2.54. The van der Waals surface area contributed by atoms with Gasteiger partial charge in [-0.1, -0.05) is 20.8 Å². The Morgan fingerprint density at radius 1 is 1.42 bits per heavy atom. The number of methoxy groups -OCH3 is 1. The molecule has 2 aromatic rings. The molecule has 24 heavy (non-hydrogen) atoms. The van der Waals surface area contributed by atoms with Crippen LogP contribution in [0, 0.1) is 0 Å². The number of anilines is 1. The van der Waals surface area contributed by atoms with Crippen molar-refractivity contribution in [3.05, 3.63) is 22.0 Å². The average molecular weight is 373 g/mol. The normalized spacial score (nSPS) is 12.2. The van der Waals surface area contributed by atoms with Gasteiger partial charge in [-0.25, -0.2) is 13.2 Å². The van der Waals surface area contributed by atoms with Gasteiger partial charge in [0, 0.05) is 11.9 Å². The molecule has 2 rings (SSSR count). The lowest BCUT2D eigenvalue weighted by molar-refractivity contribution is 0.0702. The number of thiophene rings is 1. The maximum Gasteiger partial charge on any atom is 0.345 e. The van der Waals surface area contributed by atoms with Gasteiger partial charge in [0.05, 0.1) is 13.3 Å². The van der Waals surface area contributed by atoms with E-state index in [0.29, 0.717) is 4.88 Å². The fourth-order valence-electron chi connectivity index (χ4n) is 2.09. The Hall–Kier alpha value is -2.07. The molecule has 2 N–H and O–H groups in total. The molecule has 0 aliphatic heterocycles. The summed E-state index contributed by atoms with van der Waals surface area (Å²) in [6.45, 7) is 5.48. The zero-order valence-electron chi connectivity index (χ0n) is 13.9. The molecular formula is C14H19N3O5S2. The van der Waals surface area contributed by atoms with Crippen LogP contribution < -0.4 is 9.46 Å². The van der Waals surface area contributed by atoms with Gasteiger partial charge in [0.2, 0.25) is 0 Å². The van der Waals surface area contributed by atoms with E-state index in [-0.39, 0.29) is 21.3 Å². The second-order valence-electron chi connectivity index (χ2n) is 6.19. The number of aromatic nitrogens is 2. The number of ether oxygens (including phenoxy) is 1. The van der Waals surface area contributed by atoms with Crippen LogP contribution in [0.3, 0.4) is 0 Å². The molecule has 10 heteroatoms. The van der Waals surface area contributed by atoms with Crippen molar-refractivity contribution in [1.29, 1.82) is 0 Å². The summed E-state index contributed by atoms with van der Waals surface area (Å²) in [5.41, 5.74) is -0.343. The summed E-state index contributed by atoms with van der Waals surface area (Å²) in [4.78, 5) is 11.6. The van der Waals surface area contributed by atoms with Crippen molar-refractivity contribution in [1.82, 2.24) is 9.78 Å². The molecule has 132 valence electrons. The Kier molecular flexibility index (Phi) is 4.64. The SMILES string of the molecule is COc1nn(C)cc1NS(=O)(=O)c1cc(C(=O)O)sc1C(C)(C)C. The van der Waals surface area contributed by atoms with Gasteiger partial charge < -0.3 is 9.84 Å². The molecule has 0 saturated heterocycles. The highest BCUT2D eigenvalue weighted by molar-refractivity contribution is 7.93. The summed E-state index contributed by atoms with van der Waals surface area (Å²) in [5, 5.41) is 13.2. The molecular weight excluding hydrogens is 354 g/mol. The molecule has 0 amide bonds. The number of sulfonamides is 1. The number of rotatable bonds is 5. The van der Waals surface area contributed by atoms with E-state index in [0.717, 1.165) is 11.3 Å². The lowest BCUT2D eigenvalue weighted by Gasteiger charge is -2.19. The van der Waals surface area contributed by atoms with Crippen LogP contribution >= 0.6 is 11.3 Å². The number of carboxylic acid groups (broad SMARTS) is 1. The third-order valence-electron chi connectivity index (χ3n) is 3.11. The van der Waals surface area contributed by atoms with Crippen LogP contribution in [0.4, 0.5) is 5.69 Å². The molecule has 8 nitrogen and oxygen atoms in total. The van der Waals surface area contributed by atoms with E-state index in [1.165, 1.54) is 24.1 Å². The number of carboxylic acids is 1. The van der Waals surface area contributed by atoms with Crippen LogP contribution in [0.2, 0.25) is 0 Å². The molecule has 0 aliphatic rings. The van der Waals surface area contributed by atoms with E-state index in [4.69, 9.17) is 4.74 Å². The van der Waals surface area contributed by atoms with Crippen molar-refractivity contribution in [3.8, 4) is 5.88 Å². The van der Waals surface area contributed by atoms with Crippen molar-refractivity contribution < 1.29 is 23.1 Å². The van der Waals surface area contributed by atoms with Gasteiger partial charge in [-0.15, -0.1) is 16.4 Å². The zero-order chi connectivity index (χ0) is 18.3. The summed E-state index contributed by atoms with van der Waals surface area (Å²) in [5.74, 6) is -1.03. The fraction of sp³-hybridized carbons (Fsp3) is 0.429. The van der Waals surface area contributed by atoms with Crippen LogP contribution in [0.15, 0.2) is 17.2 Å². The molecule has 0 radical (unpaired) electrons. The van der Waals surface area contributed by atoms with Gasteiger partial charge in [-0.2, -0.15) is 0 Å². The van der Waals surface area contributed by atoms with Gasteiger partial charge in [0.1, 0.15) is 15.5 Å². The molecule has 0 aliphatic carbocycles. The van der Waals surface area contributed by atoms with E-state index < -0.39 is 21.4 Å². The van der Waals surface area contributed by atoms with E-state index in [9.17, 15) is 18.3 Å². The summed E-state index contributed by atoms with van der Waals surface area (Å²) in [6.07, 6.45) is 1.47. The number of hydrogen-bond donors (Lipinski definition) is 2. The molecule has 0 saturated carbocycles. The van der Waals surface area contributed by atoms with Gasteiger partial charge in [-0.3, -0.25) is 9.40 Å². The number of carbonyl (C=O) groups is 1. The first-order chi connectivity index (χ1) is 11.0. The molecule has 0 bridgehead atoms. The van der Waals surface area contributed by atoms with Crippen molar-refractivity contribution in [2.75, 3.05) is 11.8 Å². The standard InChI is InChI=1S/C14H19N3O5S2/c1-14(2,3)11-10(6-9(23-11)13(18)19)24(20,21)16-8-7-17(4)15-12(8)22-5/h6-7,16H,1-5H3,(H,18,19). The fourth-order valence-corrected chi connectivity index (χ4v) is 4.93. The van der Waals surface area contributed by atoms with Crippen LogP contribution in [0.25, 0.3) is 0 Å². The number of aromatic carboxylic acids is 1. The lowest BCUT2D eigenvalue weighted by atomic mass is 9.95. The molecule has 0 spiro atoms. The minimum atomic E-state index is -4.00. The molecule has 2 heterocycles. The summed E-state index contributed by atoms with van der Waals surface area (Å²) >= 11 is 0.956. The molecule has 2 aromatic heterocycles. The minimum Gasteiger partial charge on any atom is -0.478 e. The number of nitrogens with zero attached hydrogens (tertiary/aromatic N) is 2. The largest absolute Gasteiger partial charge is 0.478 e. The number of hydrogen-bond acceptors (Lipinski definition) is 6. The third-order valence-corrected chi connectivity index (χ3v) is 6.18. The second kappa shape index (κ2) is 6.10. The maximum absolute atomic E-state index is 12.8. The Labute approximate surface area is 144 Å². The summed E-state index contributed by atoms with van der Waals surface area (Å²) < 4.78 is 34.5. The number of aryl methyl sites for hydroxylation is 1. The van der Waals surface area contributed by atoms with E-state index in [2.05, 4.69) is 9.82 Å². The van der Waals surface area contributed by atoms with Gasteiger partial charge in [-0.05, 0) is 11.5 Å². The van der Waals surface area contributed by atoms with Crippen LogP contribution in [-0.2, 0) is 22.5 Å². The quantitative estimate of drug-likeness (QED) is 0.832. The summed E-state index contributed by atoms with van der Waals surface area (Å²) in [6, 6.07) is 1.18. The Morgan fingerprint density at radius 2 is 2.04 bits per heavy atom. The molecule has 0 unspecified atom stereocenters. The lowest BCUT2D eigenvalue weighted by Crippen LogP contribution is -2.18. The van der Waals surface area contributed by atoms with Crippen molar-refractivity contribution in [3.63, 3.8) is 0 Å². The predicted octanol–water partition coefficient (Wildman–Crippen LogP) is 2.29. The molecule has 0 aromatic carbocycles. The van der Waals surface area contributed by atoms with Crippen molar-refractivity contribution in [2.24, 2.45) is 7.05 Å². The van der Waals surface area contributed by atoms with Crippen LogP contribution in [0.1, 0.15) is 35.3 Å². The molecule has 0 atom stereocenters. The van der Waals surface area contributed by atoms with Gasteiger partial charge in [0.25, 0.3) is 15.9 Å². The first kappa shape index (κ1) is 18.3. The highest BCUT2D eigenvalue weighted by Crippen LogP contribution is 2.37. The maximum atomic E-state index is 12.8. The van der Waals surface area contributed by atoms with Crippen LogP contribution in [-0.4, -0.2) is 36.4 Å². The smallest absolute Gasteiger partial charge is 0.345 e.